The van der Waals surface area contributed by atoms with E-state index < -0.39 is 0 Å². The number of hydrogen-bond acceptors (Lipinski definition) is 6. The van der Waals surface area contributed by atoms with Gasteiger partial charge in [0.05, 0.1) is 58.3 Å². The first kappa shape index (κ1) is 24.8. The van der Waals surface area contributed by atoms with Gasteiger partial charge in [-0.25, -0.2) is 0 Å². The van der Waals surface area contributed by atoms with Crippen molar-refractivity contribution >= 4 is 0 Å². The lowest BCUT2D eigenvalue weighted by Crippen LogP contribution is -2.41. The molecule has 0 aliphatic rings. The largest absolute Gasteiger partial charge is 0.384 e. The smallest absolute Gasteiger partial charge is 0.0700 e. The van der Waals surface area contributed by atoms with Crippen LogP contribution >= 0.6 is 0 Å². The second-order valence-electron chi connectivity index (χ2n) is 6.40. The molecule has 25 heavy (non-hydrogen) atoms. The minimum atomic E-state index is -0.309. The van der Waals surface area contributed by atoms with Crippen LogP contribution in [-0.2, 0) is 28.4 Å². The standard InChI is InChI=1S/C19H40O6/c1-5-7-9-22-11-13-24-17-19(15-20-3,16-21-4)18-25-14-12-23-10-8-6-2/h5-18H2,1-4H3. The fraction of sp³-hybridized carbons (Fsp3) is 1.00. The van der Waals surface area contributed by atoms with E-state index in [9.17, 15) is 0 Å². The van der Waals surface area contributed by atoms with Crippen LogP contribution in [0.4, 0.5) is 0 Å². The first-order valence-corrected chi connectivity index (χ1v) is 9.53. The van der Waals surface area contributed by atoms with Crippen molar-refractivity contribution in [1.82, 2.24) is 0 Å². The predicted octanol–water partition coefficient (Wildman–Crippen LogP) is 2.93. The van der Waals surface area contributed by atoms with Gasteiger partial charge in [0.2, 0.25) is 0 Å². The van der Waals surface area contributed by atoms with Crippen molar-refractivity contribution in [3.05, 3.63) is 0 Å². The van der Waals surface area contributed by atoms with E-state index in [0.717, 1.165) is 38.9 Å². The second kappa shape index (κ2) is 18.5. The Kier molecular flexibility index (Phi) is 18.4. The Morgan fingerprint density at radius 2 is 0.920 bits per heavy atom. The molecule has 0 aromatic rings. The zero-order valence-electron chi connectivity index (χ0n) is 16.8. The summed E-state index contributed by atoms with van der Waals surface area (Å²) < 4.78 is 33.4. The summed E-state index contributed by atoms with van der Waals surface area (Å²) in [6.45, 7) is 10.3. The van der Waals surface area contributed by atoms with Crippen LogP contribution in [0, 0.1) is 5.41 Å². The molecule has 0 rings (SSSR count). The SMILES string of the molecule is CCCCOCCOCC(COC)(COC)COCCOCCCC. The highest BCUT2D eigenvalue weighted by Crippen LogP contribution is 2.20. The van der Waals surface area contributed by atoms with Gasteiger partial charge in [-0.15, -0.1) is 0 Å². The van der Waals surface area contributed by atoms with Crippen LogP contribution in [0.1, 0.15) is 39.5 Å². The molecule has 0 heterocycles. The lowest BCUT2D eigenvalue weighted by atomic mass is 9.92. The van der Waals surface area contributed by atoms with Crippen molar-refractivity contribution in [1.29, 1.82) is 0 Å². The molecule has 0 aliphatic heterocycles. The Hall–Kier alpha value is -0.240. The van der Waals surface area contributed by atoms with E-state index in [1.54, 1.807) is 14.2 Å². The van der Waals surface area contributed by atoms with E-state index in [-0.39, 0.29) is 5.41 Å². The number of unbranched alkanes of at least 4 members (excludes halogenated alkanes) is 2. The summed E-state index contributed by atoms with van der Waals surface area (Å²) in [7, 11) is 3.37. The molecule has 0 aromatic carbocycles. The van der Waals surface area contributed by atoms with Crippen LogP contribution < -0.4 is 0 Å². The maximum Gasteiger partial charge on any atom is 0.0700 e. The van der Waals surface area contributed by atoms with E-state index in [1.165, 1.54) is 0 Å². The minimum absolute atomic E-state index is 0.309. The number of rotatable bonds is 20. The molecular weight excluding hydrogens is 324 g/mol. The predicted molar refractivity (Wildman–Crippen MR) is 99.3 cm³/mol. The van der Waals surface area contributed by atoms with Gasteiger partial charge in [-0.2, -0.15) is 0 Å². The fourth-order valence-corrected chi connectivity index (χ4v) is 2.37. The monoisotopic (exact) mass is 364 g/mol. The maximum absolute atomic E-state index is 5.80. The zero-order chi connectivity index (χ0) is 18.6. The van der Waals surface area contributed by atoms with Crippen LogP contribution in [0.2, 0.25) is 0 Å². The molecule has 6 nitrogen and oxygen atoms in total. The Morgan fingerprint density at radius 3 is 1.28 bits per heavy atom. The van der Waals surface area contributed by atoms with Crippen molar-refractivity contribution < 1.29 is 28.4 Å². The highest BCUT2D eigenvalue weighted by molar-refractivity contribution is 4.79. The van der Waals surface area contributed by atoms with Gasteiger partial charge in [-0.05, 0) is 12.8 Å². The summed E-state index contributed by atoms with van der Waals surface area (Å²) in [5.74, 6) is 0. The molecule has 0 atom stereocenters. The summed E-state index contributed by atoms with van der Waals surface area (Å²) in [6, 6.07) is 0. The van der Waals surface area contributed by atoms with Gasteiger partial charge < -0.3 is 28.4 Å². The summed E-state index contributed by atoms with van der Waals surface area (Å²) >= 11 is 0. The van der Waals surface area contributed by atoms with Gasteiger partial charge in [0, 0.05) is 27.4 Å². The third kappa shape index (κ3) is 14.6. The van der Waals surface area contributed by atoms with Crippen LogP contribution in [0.5, 0.6) is 0 Å². The Labute approximate surface area is 154 Å². The zero-order valence-corrected chi connectivity index (χ0v) is 16.8. The first-order valence-electron chi connectivity index (χ1n) is 9.53. The van der Waals surface area contributed by atoms with Crippen molar-refractivity contribution in [2.24, 2.45) is 5.41 Å². The molecule has 0 unspecified atom stereocenters. The van der Waals surface area contributed by atoms with Gasteiger partial charge in [0.1, 0.15) is 0 Å². The maximum atomic E-state index is 5.80. The summed E-state index contributed by atoms with van der Waals surface area (Å²) in [5.41, 5.74) is -0.309. The Morgan fingerprint density at radius 1 is 0.520 bits per heavy atom. The lowest BCUT2D eigenvalue weighted by Gasteiger charge is -2.32. The molecule has 0 saturated heterocycles. The van der Waals surface area contributed by atoms with Crippen LogP contribution in [0.15, 0.2) is 0 Å². The van der Waals surface area contributed by atoms with Crippen LogP contribution in [0.25, 0.3) is 0 Å². The normalized spacial score (nSPS) is 12.0. The molecule has 0 N–H and O–H groups in total. The fourth-order valence-electron chi connectivity index (χ4n) is 2.37. The highest BCUT2D eigenvalue weighted by atomic mass is 16.5. The molecule has 0 aromatic heterocycles. The van der Waals surface area contributed by atoms with Crippen LogP contribution in [0.3, 0.4) is 0 Å². The van der Waals surface area contributed by atoms with E-state index >= 15 is 0 Å². The number of methoxy groups -OCH3 is 2. The van der Waals surface area contributed by atoms with Crippen molar-refractivity contribution in [2.45, 2.75) is 39.5 Å². The Balaban J connectivity index is 4.06. The van der Waals surface area contributed by atoms with Gasteiger partial charge in [0.25, 0.3) is 0 Å². The van der Waals surface area contributed by atoms with Gasteiger partial charge in [0.15, 0.2) is 0 Å². The van der Waals surface area contributed by atoms with Gasteiger partial charge in [-0.1, -0.05) is 26.7 Å². The topological polar surface area (TPSA) is 55.4 Å². The Bertz CT molecular complexity index is 236. The average Bonchev–Trinajstić information content (AvgIpc) is 2.61. The van der Waals surface area contributed by atoms with E-state index in [2.05, 4.69) is 13.8 Å². The molecule has 152 valence electrons. The van der Waals surface area contributed by atoms with Gasteiger partial charge in [-0.3, -0.25) is 0 Å². The summed E-state index contributed by atoms with van der Waals surface area (Å²) in [5, 5.41) is 0. The van der Waals surface area contributed by atoms with Crippen molar-refractivity contribution in [3.8, 4) is 0 Å². The second-order valence-corrected chi connectivity index (χ2v) is 6.40. The highest BCUT2D eigenvalue weighted by Gasteiger charge is 2.31. The number of hydrogen-bond donors (Lipinski definition) is 0. The molecule has 6 heteroatoms. The average molecular weight is 365 g/mol. The van der Waals surface area contributed by atoms with Crippen molar-refractivity contribution in [3.63, 3.8) is 0 Å². The molecule has 0 aliphatic carbocycles. The molecular formula is C19H40O6. The van der Waals surface area contributed by atoms with E-state index in [0.29, 0.717) is 52.9 Å². The molecule has 0 bridgehead atoms. The quantitative estimate of drug-likeness (QED) is 0.310. The minimum Gasteiger partial charge on any atom is -0.384 e. The molecule has 0 spiro atoms. The number of ether oxygens (including phenoxy) is 6. The molecule has 0 radical (unpaired) electrons. The summed E-state index contributed by atoms with van der Waals surface area (Å²) in [4.78, 5) is 0. The third-order valence-electron chi connectivity index (χ3n) is 3.75. The van der Waals surface area contributed by atoms with Crippen molar-refractivity contribution in [2.75, 3.05) is 80.3 Å². The van der Waals surface area contributed by atoms with Gasteiger partial charge >= 0.3 is 0 Å². The molecule has 0 amide bonds. The third-order valence-corrected chi connectivity index (χ3v) is 3.75. The van der Waals surface area contributed by atoms with E-state index in [4.69, 9.17) is 28.4 Å². The summed E-state index contributed by atoms with van der Waals surface area (Å²) in [6.07, 6.45) is 4.47. The lowest BCUT2D eigenvalue weighted by molar-refractivity contribution is -0.102. The first-order chi connectivity index (χ1) is 12.2. The molecule has 0 fully saturated rings. The van der Waals surface area contributed by atoms with Crippen LogP contribution in [-0.4, -0.2) is 80.3 Å². The molecule has 0 saturated carbocycles. The van der Waals surface area contributed by atoms with E-state index in [1.807, 2.05) is 0 Å².